The third kappa shape index (κ3) is 2.61. The van der Waals surface area contributed by atoms with E-state index in [0.29, 0.717) is 22.2 Å². The SMILES string of the molecule is O=C(O)C1CCCCN1C(=O)c1ccc(Cl)s1. The highest BCUT2D eigenvalue weighted by molar-refractivity contribution is 7.17. The van der Waals surface area contributed by atoms with Crippen molar-refractivity contribution in [1.29, 1.82) is 0 Å². The number of carbonyl (C=O) groups is 2. The number of carboxylic acids is 1. The number of carbonyl (C=O) groups excluding carboxylic acids is 1. The Balaban J connectivity index is 2.19. The van der Waals surface area contributed by atoms with Crippen LogP contribution in [0.1, 0.15) is 28.9 Å². The van der Waals surface area contributed by atoms with Crippen LogP contribution in [0.2, 0.25) is 4.34 Å². The maximum absolute atomic E-state index is 12.1. The largest absolute Gasteiger partial charge is 0.480 e. The molecule has 0 aromatic carbocycles. The smallest absolute Gasteiger partial charge is 0.326 e. The zero-order valence-electron chi connectivity index (χ0n) is 9.06. The van der Waals surface area contributed by atoms with Gasteiger partial charge in [-0.25, -0.2) is 4.79 Å². The third-order valence-electron chi connectivity index (χ3n) is 2.83. The highest BCUT2D eigenvalue weighted by Gasteiger charge is 2.32. The second-order valence-electron chi connectivity index (χ2n) is 3.95. The number of thiophene rings is 1. The standard InChI is InChI=1S/C11H12ClNO3S/c12-9-5-4-8(17-9)10(14)13-6-2-1-3-7(13)11(15)16/h4-5,7H,1-3,6H2,(H,15,16). The molecule has 17 heavy (non-hydrogen) atoms. The molecule has 1 saturated heterocycles. The van der Waals surface area contributed by atoms with Crippen molar-refractivity contribution in [2.45, 2.75) is 25.3 Å². The summed E-state index contributed by atoms with van der Waals surface area (Å²) in [5.41, 5.74) is 0. The molecule has 1 unspecified atom stereocenters. The number of aliphatic carboxylic acids is 1. The maximum atomic E-state index is 12.1. The fourth-order valence-corrected chi connectivity index (χ4v) is 3.00. The van der Waals surface area contributed by atoms with Crippen molar-refractivity contribution in [2.75, 3.05) is 6.54 Å². The van der Waals surface area contributed by atoms with Gasteiger partial charge in [-0.3, -0.25) is 4.79 Å². The average molecular weight is 274 g/mol. The van der Waals surface area contributed by atoms with Crippen LogP contribution >= 0.6 is 22.9 Å². The summed E-state index contributed by atoms with van der Waals surface area (Å²) in [4.78, 5) is 25.2. The monoisotopic (exact) mass is 273 g/mol. The molecule has 0 bridgehead atoms. The quantitative estimate of drug-likeness (QED) is 0.901. The van der Waals surface area contributed by atoms with Gasteiger partial charge in [-0.05, 0) is 31.4 Å². The van der Waals surface area contributed by atoms with Gasteiger partial charge in [-0.15, -0.1) is 11.3 Å². The summed E-state index contributed by atoms with van der Waals surface area (Å²) in [7, 11) is 0. The van der Waals surface area contributed by atoms with Crippen molar-refractivity contribution < 1.29 is 14.7 Å². The van der Waals surface area contributed by atoms with Gasteiger partial charge in [0, 0.05) is 6.54 Å². The molecule has 1 fully saturated rings. The van der Waals surface area contributed by atoms with Crippen molar-refractivity contribution in [3.8, 4) is 0 Å². The Bertz CT molecular complexity index is 446. The Morgan fingerprint density at radius 1 is 1.41 bits per heavy atom. The van der Waals surface area contributed by atoms with Crippen LogP contribution in [0, 0.1) is 0 Å². The van der Waals surface area contributed by atoms with Crippen molar-refractivity contribution >= 4 is 34.8 Å². The van der Waals surface area contributed by atoms with Crippen LogP contribution in [0.3, 0.4) is 0 Å². The second-order valence-corrected chi connectivity index (χ2v) is 5.67. The van der Waals surface area contributed by atoms with E-state index < -0.39 is 12.0 Å². The number of hydrogen-bond donors (Lipinski definition) is 1. The first kappa shape index (κ1) is 12.4. The predicted molar refractivity (Wildman–Crippen MR) is 65.6 cm³/mol. The van der Waals surface area contributed by atoms with Crippen LogP contribution in [0.5, 0.6) is 0 Å². The summed E-state index contributed by atoms with van der Waals surface area (Å²) in [5.74, 6) is -1.16. The zero-order chi connectivity index (χ0) is 12.4. The van der Waals surface area contributed by atoms with E-state index in [1.807, 2.05) is 0 Å². The highest BCUT2D eigenvalue weighted by atomic mass is 35.5. The van der Waals surface area contributed by atoms with Gasteiger partial charge in [0.1, 0.15) is 6.04 Å². The Kier molecular flexibility index (Phi) is 3.69. The number of carboxylic acid groups (broad SMARTS) is 1. The summed E-state index contributed by atoms with van der Waals surface area (Å²) in [6.07, 6.45) is 2.24. The molecule has 2 rings (SSSR count). The van der Waals surface area contributed by atoms with Crippen LogP contribution in [0.25, 0.3) is 0 Å². The lowest BCUT2D eigenvalue weighted by Crippen LogP contribution is -2.47. The van der Waals surface area contributed by atoms with E-state index in [2.05, 4.69) is 0 Å². The molecule has 4 nitrogen and oxygen atoms in total. The summed E-state index contributed by atoms with van der Waals surface area (Å²) in [6.45, 7) is 0.505. The predicted octanol–water partition coefficient (Wildman–Crippen LogP) is 2.48. The molecule has 0 aliphatic carbocycles. The summed E-state index contributed by atoms with van der Waals surface area (Å²) in [6, 6.07) is 2.60. The maximum Gasteiger partial charge on any atom is 0.326 e. The molecule has 92 valence electrons. The molecule has 1 aromatic rings. The van der Waals surface area contributed by atoms with E-state index in [1.54, 1.807) is 12.1 Å². The normalized spacial score (nSPS) is 20.3. The molecule has 1 aromatic heterocycles. The van der Waals surface area contributed by atoms with Crippen LogP contribution in [0.15, 0.2) is 12.1 Å². The molecule has 1 aliphatic rings. The van der Waals surface area contributed by atoms with Crippen molar-refractivity contribution in [3.63, 3.8) is 0 Å². The van der Waals surface area contributed by atoms with E-state index >= 15 is 0 Å². The zero-order valence-corrected chi connectivity index (χ0v) is 10.6. The minimum absolute atomic E-state index is 0.228. The summed E-state index contributed by atoms with van der Waals surface area (Å²) >= 11 is 6.96. The van der Waals surface area contributed by atoms with Gasteiger partial charge < -0.3 is 10.0 Å². The van der Waals surface area contributed by atoms with E-state index in [0.717, 1.165) is 12.8 Å². The van der Waals surface area contributed by atoms with Gasteiger partial charge in [-0.2, -0.15) is 0 Å². The Hall–Kier alpha value is -1.07. The minimum atomic E-state index is -0.930. The molecule has 1 aliphatic heterocycles. The first-order valence-electron chi connectivity index (χ1n) is 5.38. The Labute approximate surface area is 108 Å². The molecular weight excluding hydrogens is 262 g/mol. The Morgan fingerprint density at radius 3 is 2.76 bits per heavy atom. The number of amides is 1. The number of halogens is 1. The molecule has 0 saturated carbocycles. The van der Waals surface area contributed by atoms with Crippen molar-refractivity contribution in [2.24, 2.45) is 0 Å². The highest BCUT2D eigenvalue weighted by Crippen LogP contribution is 2.26. The van der Waals surface area contributed by atoms with Crippen LogP contribution < -0.4 is 0 Å². The van der Waals surface area contributed by atoms with Crippen molar-refractivity contribution in [1.82, 2.24) is 4.90 Å². The fraction of sp³-hybridized carbons (Fsp3) is 0.455. The third-order valence-corrected chi connectivity index (χ3v) is 4.05. The number of likely N-dealkylation sites (tertiary alicyclic amines) is 1. The fourth-order valence-electron chi connectivity index (χ4n) is 2.00. The number of rotatable bonds is 2. The van der Waals surface area contributed by atoms with Crippen molar-refractivity contribution in [3.05, 3.63) is 21.3 Å². The topological polar surface area (TPSA) is 57.6 Å². The van der Waals surface area contributed by atoms with Crippen LogP contribution in [-0.2, 0) is 4.79 Å². The second kappa shape index (κ2) is 5.06. The molecule has 0 spiro atoms. The number of hydrogen-bond acceptors (Lipinski definition) is 3. The molecule has 1 atom stereocenters. The molecule has 1 amide bonds. The number of nitrogens with zero attached hydrogens (tertiary/aromatic N) is 1. The molecule has 0 radical (unpaired) electrons. The van der Waals surface area contributed by atoms with Crippen LogP contribution in [0.4, 0.5) is 0 Å². The van der Waals surface area contributed by atoms with Gasteiger partial charge in [0.2, 0.25) is 0 Å². The van der Waals surface area contributed by atoms with E-state index in [1.165, 1.54) is 16.2 Å². The molecule has 6 heteroatoms. The van der Waals surface area contributed by atoms with Gasteiger partial charge >= 0.3 is 5.97 Å². The summed E-state index contributed by atoms with van der Waals surface area (Å²) in [5, 5.41) is 9.09. The van der Waals surface area contributed by atoms with Gasteiger partial charge in [0.05, 0.1) is 9.21 Å². The first-order chi connectivity index (χ1) is 8.09. The van der Waals surface area contributed by atoms with Gasteiger partial charge in [0.15, 0.2) is 0 Å². The minimum Gasteiger partial charge on any atom is -0.480 e. The molecule has 1 N–H and O–H groups in total. The molecular formula is C11H12ClNO3S. The Morgan fingerprint density at radius 2 is 2.18 bits per heavy atom. The lowest BCUT2D eigenvalue weighted by Gasteiger charge is -2.32. The van der Waals surface area contributed by atoms with E-state index in [4.69, 9.17) is 16.7 Å². The average Bonchev–Trinajstić information content (AvgIpc) is 2.75. The first-order valence-corrected chi connectivity index (χ1v) is 6.58. The molecule has 2 heterocycles. The lowest BCUT2D eigenvalue weighted by molar-refractivity contribution is -0.143. The van der Waals surface area contributed by atoms with Gasteiger partial charge in [-0.1, -0.05) is 11.6 Å². The van der Waals surface area contributed by atoms with E-state index in [-0.39, 0.29) is 5.91 Å². The summed E-state index contributed by atoms with van der Waals surface area (Å²) < 4.78 is 0.539. The van der Waals surface area contributed by atoms with Gasteiger partial charge in [0.25, 0.3) is 5.91 Å². The number of piperidine rings is 1. The van der Waals surface area contributed by atoms with E-state index in [9.17, 15) is 9.59 Å². The van der Waals surface area contributed by atoms with Crippen LogP contribution in [-0.4, -0.2) is 34.5 Å². The lowest BCUT2D eigenvalue weighted by atomic mass is 10.0.